The van der Waals surface area contributed by atoms with Crippen LogP contribution in [-0.4, -0.2) is 68.6 Å². The van der Waals surface area contributed by atoms with Crippen LogP contribution in [0.4, 0.5) is 5.82 Å². The summed E-state index contributed by atoms with van der Waals surface area (Å²) in [6, 6.07) is 9.21. The Morgan fingerprint density at radius 2 is 1.72 bits per heavy atom. The van der Waals surface area contributed by atoms with Crippen LogP contribution in [0.1, 0.15) is 17.7 Å². The highest BCUT2D eigenvalue weighted by Crippen LogP contribution is 2.24. The molecular weight excluding hydrogens is 392 g/mol. The Kier molecular flexibility index (Phi) is 5.86. The molecule has 1 aromatic heterocycles. The van der Waals surface area contributed by atoms with Crippen molar-refractivity contribution in [3.63, 3.8) is 0 Å². The molecule has 0 bridgehead atoms. The van der Waals surface area contributed by atoms with E-state index >= 15 is 0 Å². The van der Waals surface area contributed by atoms with Gasteiger partial charge in [-0.15, -0.1) is 5.10 Å². The fraction of sp³-hybridized carbons (Fsp3) is 0.500. The first-order valence-corrected chi connectivity index (χ1v) is 11.5. The van der Waals surface area contributed by atoms with E-state index in [-0.39, 0.29) is 12.4 Å². The number of fused-ring (bicyclic) bond motifs is 1. The molecule has 29 heavy (non-hydrogen) atoms. The standard InChI is InChI=1S/C20H26N4O4S/c1-27-17-5-7-18(8-6-17)28-13-14-29(25,26)24-11-9-23(10-12-24)20-15-16-3-2-4-19(16)21-22-20/h5-8,15H,2-4,9-14H2,1H3. The largest absolute Gasteiger partial charge is 0.497 e. The number of sulfonamides is 1. The molecule has 2 heterocycles. The first-order chi connectivity index (χ1) is 14.0. The average molecular weight is 419 g/mol. The van der Waals surface area contributed by atoms with Gasteiger partial charge in [-0.05, 0) is 55.2 Å². The Morgan fingerprint density at radius 3 is 2.45 bits per heavy atom. The van der Waals surface area contributed by atoms with E-state index in [9.17, 15) is 8.42 Å². The third-order valence-electron chi connectivity index (χ3n) is 5.43. The summed E-state index contributed by atoms with van der Waals surface area (Å²) in [5.41, 5.74) is 2.38. The number of piperazine rings is 1. The normalized spacial score (nSPS) is 17.2. The number of aromatic nitrogens is 2. The average Bonchev–Trinajstić information content (AvgIpc) is 3.22. The first kappa shape index (κ1) is 19.9. The summed E-state index contributed by atoms with van der Waals surface area (Å²) in [6.45, 7) is 2.25. The van der Waals surface area contributed by atoms with Crippen molar-refractivity contribution in [1.82, 2.24) is 14.5 Å². The second kappa shape index (κ2) is 8.54. The van der Waals surface area contributed by atoms with Gasteiger partial charge >= 0.3 is 0 Å². The van der Waals surface area contributed by atoms with E-state index in [1.807, 2.05) is 0 Å². The van der Waals surface area contributed by atoms with E-state index in [1.165, 1.54) is 5.56 Å². The van der Waals surface area contributed by atoms with E-state index in [1.54, 1.807) is 35.7 Å². The molecule has 1 aliphatic heterocycles. The van der Waals surface area contributed by atoms with Crippen LogP contribution in [0.25, 0.3) is 0 Å². The summed E-state index contributed by atoms with van der Waals surface area (Å²) in [5, 5.41) is 8.67. The minimum absolute atomic E-state index is 0.0440. The zero-order valence-electron chi connectivity index (χ0n) is 16.6. The molecule has 2 aliphatic rings. The molecule has 4 rings (SSSR count). The molecule has 8 nitrogen and oxygen atoms in total. The lowest BCUT2D eigenvalue weighted by molar-refractivity contribution is 0.330. The third kappa shape index (κ3) is 4.62. The number of aryl methyl sites for hydroxylation is 2. The van der Waals surface area contributed by atoms with Gasteiger partial charge in [-0.25, -0.2) is 8.42 Å². The molecule has 0 spiro atoms. The first-order valence-electron chi connectivity index (χ1n) is 9.90. The lowest BCUT2D eigenvalue weighted by Crippen LogP contribution is -2.50. The SMILES string of the molecule is COc1ccc(OCCS(=O)(=O)N2CCN(c3cc4c(nn3)CCC4)CC2)cc1. The lowest BCUT2D eigenvalue weighted by Gasteiger charge is -2.34. The molecule has 1 fully saturated rings. The zero-order valence-corrected chi connectivity index (χ0v) is 17.4. The topological polar surface area (TPSA) is 84.9 Å². The predicted molar refractivity (Wildman–Crippen MR) is 110 cm³/mol. The van der Waals surface area contributed by atoms with E-state index < -0.39 is 10.0 Å². The number of ether oxygens (including phenoxy) is 2. The number of nitrogens with zero attached hydrogens (tertiary/aromatic N) is 4. The third-order valence-corrected chi connectivity index (χ3v) is 7.27. The quantitative estimate of drug-likeness (QED) is 0.674. The van der Waals surface area contributed by atoms with E-state index in [2.05, 4.69) is 21.2 Å². The number of benzene rings is 1. The van der Waals surface area contributed by atoms with Gasteiger partial charge in [0.15, 0.2) is 5.82 Å². The molecule has 1 aromatic carbocycles. The maximum absolute atomic E-state index is 12.7. The molecule has 0 radical (unpaired) electrons. The minimum Gasteiger partial charge on any atom is -0.497 e. The Labute approximate surface area is 171 Å². The predicted octanol–water partition coefficient (Wildman–Crippen LogP) is 1.50. The summed E-state index contributed by atoms with van der Waals surface area (Å²) >= 11 is 0. The van der Waals surface area contributed by atoms with Gasteiger partial charge in [0, 0.05) is 26.2 Å². The van der Waals surface area contributed by atoms with Crippen LogP contribution in [0.2, 0.25) is 0 Å². The van der Waals surface area contributed by atoms with Crippen molar-refractivity contribution in [2.45, 2.75) is 19.3 Å². The minimum atomic E-state index is -3.36. The van der Waals surface area contributed by atoms with Crippen molar-refractivity contribution in [3.05, 3.63) is 41.6 Å². The molecule has 0 saturated carbocycles. The van der Waals surface area contributed by atoms with Gasteiger partial charge < -0.3 is 14.4 Å². The highest BCUT2D eigenvalue weighted by Gasteiger charge is 2.28. The molecule has 2 aromatic rings. The number of hydrogen-bond donors (Lipinski definition) is 0. The summed E-state index contributed by atoms with van der Waals surface area (Å²) in [7, 11) is -1.76. The molecule has 0 amide bonds. The Hall–Kier alpha value is -2.39. The Bertz CT molecular complexity index is 941. The van der Waals surface area contributed by atoms with E-state index in [4.69, 9.17) is 9.47 Å². The van der Waals surface area contributed by atoms with Crippen molar-refractivity contribution < 1.29 is 17.9 Å². The monoisotopic (exact) mass is 418 g/mol. The van der Waals surface area contributed by atoms with Gasteiger partial charge in [-0.1, -0.05) is 0 Å². The van der Waals surface area contributed by atoms with Crippen molar-refractivity contribution in [2.75, 3.05) is 50.5 Å². The van der Waals surface area contributed by atoms with Gasteiger partial charge in [-0.3, -0.25) is 0 Å². The maximum atomic E-state index is 12.7. The van der Waals surface area contributed by atoms with Crippen LogP contribution in [0.15, 0.2) is 30.3 Å². The van der Waals surface area contributed by atoms with E-state index in [0.717, 1.165) is 36.5 Å². The van der Waals surface area contributed by atoms with Crippen LogP contribution in [0.5, 0.6) is 11.5 Å². The van der Waals surface area contributed by atoms with Crippen LogP contribution in [0, 0.1) is 0 Å². The fourth-order valence-electron chi connectivity index (χ4n) is 3.73. The second-order valence-electron chi connectivity index (χ2n) is 7.25. The zero-order chi connectivity index (χ0) is 20.3. The van der Waals surface area contributed by atoms with Crippen LogP contribution in [-0.2, 0) is 22.9 Å². The van der Waals surface area contributed by atoms with Crippen LogP contribution >= 0.6 is 0 Å². The van der Waals surface area contributed by atoms with Gasteiger partial charge in [-0.2, -0.15) is 9.40 Å². The van der Waals surface area contributed by atoms with Crippen LogP contribution < -0.4 is 14.4 Å². The number of methoxy groups -OCH3 is 1. The highest BCUT2D eigenvalue weighted by atomic mass is 32.2. The smallest absolute Gasteiger partial charge is 0.217 e. The van der Waals surface area contributed by atoms with Gasteiger partial charge in [0.1, 0.15) is 18.1 Å². The van der Waals surface area contributed by atoms with Crippen LogP contribution in [0.3, 0.4) is 0 Å². The molecule has 0 N–H and O–H groups in total. The van der Waals surface area contributed by atoms with Crippen molar-refractivity contribution >= 4 is 15.8 Å². The molecule has 0 atom stereocenters. The summed E-state index contributed by atoms with van der Waals surface area (Å²) in [6.07, 6.45) is 3.20. The molecular formula is C20H26N4O4S. The fourth-order valence-corrected chi connectivity index (χ4v) is 5.00. The van der Waals surface area contributed by atoms with E-state index in [0.29, 0.717) is 31.9 Å². The summed E-state index contributed by atoms with van der Waals surface area (Å²) in [4.78, 5) is 2.12. The number of anilines is 1. The second-order valence-corrected chi connectivity index (χ2v) is 9.34. The molecule has 156 valence electrons. The molecule has 9 heteroatoms. The Morgan fingerprint density at radius 1 is 1.00 bits per heavy atom. The lowest BCUT2D eigenvalue weighted by atomic mass is 10.2. The molecule has 1 saturated heterocycles. The summed E-state index contributed by atoms with van der Waals surface area (Å²) in [5.74, 6) is 2.17. The van der Waals surface area contributed by atoms with Gasteiger partial charge in [0.2, 0.25) is 10.0 Å². The van der Waals surface area contributed by atoms with Gasteiger partial charge in [0.25, 0.3) is 0 Å². The van der Waals surface area contributed by atoms with Crippen molar-refractivity contribution in [3.8, 4) is 11.5 Å². The molecule has 0 unspecified atom stereocenters. The highest BCUT2D eigenvalue weighted by molar-refractivity contribution is 7.89. The molecule has 1 aliphatic carbocycles. The van der Waals surface area contributed by atoms with Crippen molar-refractivity contribution in [2.24, 2.45) is 0 Å². The van der Waals surface area contributed by atoms with Gasteiger partial charge in [0.05, 0.1) is 18.6 Å². The number of hydrogen-bond acceptors (Lipinski definition) is 7. The van der Waals surface area contributed by atoms with Crippen molar-refractivity contribution in [1.29, 1.82) is 0 Å². The number of rotatable bonds is 7. The summed E-state index contributed by atoms with van der Waals surface area (Å²) < 4.78 is 37.5. The Balaban J connectivity index is 1.28. The maximum Gasteiger partial charge on any atom is 0.217 e.